The molecule has 88 valence electrons. The molecule has 1 saturated heterocycles. The molecule has 17 heavy (non-hydrogen) atoms. The summed E-state index contributed by atoms with van der Waals surface area (Å²) >= 11 is 9.49. The molecule has 0 saturated carbocycles. The summed E-state index contributed by atoms with van der Waals surface area (Å²) < 4.78 is 2.99. The number of pyridine rings is 1. The molecule has 4 nitrogen and oxygen atoms in total. The van der Waals surface area contributed by atoms with E-state index in [9.17, 15) is 0 Å². The van der Waals surface area contributed by atoms with E-state index in [1.54, 1.807) is 12.4 Å². The maximum absolute atomic E-state index is 6.10. The lowest BCUT2D eigenvalue weighted by atomic mass is 10.1. The Bertz CT molecular complexity index is 536. The molecule has 0 aliphatic carbocycles. The van der Waals surface area contributed by atoms with Crippen molar-refractivity contribution in [3.63, 3.8) is 0 Å². The fourth-order valence-electron chi connectivity index (χ4n) is 1.96. The van der Waals surface area contributed by atoms with Crippen molar-refractivity contribution < 1.29 is 0 Å². The molecule has 6 heteroatoms. The first-order valence-electron chi connectivity index (χ1n) is 5.28. The van der Waals surface area contributed by atoms with Crippen molar-refractivity contribution in [3.05, 3.63) is 40.3 Å². The molecule has 3 rings (SSSR count). The first kappa shape index (κ1) is 11.0. The molecule has 1 aliphatic rings. The molecule has 1 aliphatic heterocycles. The Morgan fingerprint density at radius 1 is 1.35 bits per heavy atom. The lowest BCUT2D eigenvalue weighted by molar-refractivity contribution is 0.368. The van der Waals surface area contributed by atoms with Gasteiger partial charge in [-0.3, -0.25) is 9.67 Å². The summed E-state index contributed by atoms with van der Waals surface area (Å²) in [6.45, 7) is 1.86. The van der Waals surface area contributed by atoms with Crippen LogP contribution in [0.4, 0.5) is 5.69 Å². The van der Waals surface area contributed by atoms with Gasteiger partial charge in [-0.15, -0.1) is 0 Å². The molecule has 0 amide bonds. The van der Waals surface area contributed by atoms with Gasteiger partial charge in [0.1, 0.15) is 0 Å². The van der Waals surface area contributed by atoms with E-state index in [1.165, 1.54) is 0 Å². The van der Waals surface area contributed by atoms with E-state index >= 15 is 0 Å². The van der Waals surface area contributed by atoms with Crippen LogP contribution in [0.15, 0.2) is 35.3 Å². The number of nitrogens with zero attached hydrogens (tertiary/aromatic N) is 4. The van der Waals surface area contributed by atoms with Gasteiger partial charge in [-0.25, -0.2) is 0 Å². The molecule has 0 atom stereocenters. The highest BCUT2D eigenvalue weighted by Gasteiger charge is 2.29. The fraction of sp³-hybridized carbons (Fsp3) is 0.273. The summed E-state index contributed by atoms with van der Waals surface area (Å²) in [5.74, 6) is 0. The van der Waals surface area contributed by atoms with Crippen LogP contribution in [0.25, 0.3) is 0 Å². The molecule has 2 aromatic rings. The number of halogens is 2. The van der Waals surface area contributed by atoms with Crippen LogP contribution < -0.4 is 4.90 Å². The smallest absolute Gasteiger partial charge is 0.0868 e. The van der Waals surface area contributed by atoms with E-state index in [0.717, 1.165) is 23.2 Å². The number of rotatable bonds is 2. The molecule has 0 radical (unpaired) electrons. The Morgan fingerprint density at radius 2 is 2.18 bits per heavy atom. The van der Waals surface area contributed by atoms with Crippen molar-refractivity contribution in [3.8, 4) is 0 Å². The Labute approximate surface area is 112 Å². The van der Waals surface area contributed by atoms with E-state index < -0.39 is 0 Å². The van der Waals surface area contributed by atoms with E-state index in [1.807, 2.05) is 23.1 Å². The highest BCUT2D eigenvalue weighted by atomic mass is 79.9. The van der Waals surface area contributed by atoms with Gasteiger partial charge in [0.25, 0.3) is 0 Å². The lowest BCUT2D eigenvalue weighted by Crippen LogP contribution is -2.48. The van der Waals surface area contributed by atoms with E-state index in [4.69, 9.17) is 11.6 Å². The average Bonchev–Trinajstić information content (AvgIpc) is 2.66. The van der Waals surface area contributed by atoms with Crippen molar-refractivity contribution in [1.82, 2.24) is 14.8 Å². The van der Waals surface area contributed by atoms with Gasteiger partial charge in [0, 0.05) is 31.7 Å². The van der Waals surface area contributed by atoms with Crippen molar-refractivity contribution in [1.29, 1.82) is 0 Å². The van der Waals surface area contributed by atoms with Gasteiger partial charge in [-0.05, 0) is 22.0 Å². The van der Waals surface area contributed by atoms with Crippen LogP contribution in [0.1, 0.15) is 6.04 Å². The van der Waals surface area contributed by atoms with Crippen LogP contribution in [-0.2, 0) is 0 Å². The van der Waals surface area contributed by atoms with Crippen LogP contribution >= 0.6 is 27.5 Å². The summed E-state index contributed by atoms with van der Waals surface area (Å²) in [5, 5.41) is 4.99. The minimum absolute atomic E-state index is 0.422. The Kier molecular flexibility index (Phi) is 2.80. The van der Waals surface area contributed by atoms with Crippen LogP contribution in [0.3, 0.4) is 0 Å². The molecule has 0 unspecified atom stereocenters. The molecule has 0 spiro atoms. The maximum atomic E-state index is 6.10. The van der Waals surface area contributed by atoms with Crippen molar-refractivity contribution >= 4 is 33.2 Å². The van der Waals surface area contributed by atoms with Gasteiger partial charge >= 0.3 is 0 Å². The van der Waals surface area contributed by atoms with E-state index in [-0.39, 0.29) is 0 Å². The van der Waals surface area contributed by atoms with Crippen LogP contribution in [0.5, 0.6) is 0 Å². The lowest BCUT2D eigenvalue weighted by Gasteiger charge is -2.41. The summed E-state index contributed by atoms with van der Waals surface area (Å²) in [7, 11) is 0. The second-order valence-electron chi connectivity index (χ2n) is 4.02. The van der Waals surface area contributed by atoms with Gasteiger partial charge in [0.15, 0.2) is 0 Å². The minimum Gasteiger partial charge on any atom is -0.366 e. The Balaban J connectivity index is 1.71. The van der Waals surface area contributed by atoms with Crippen LogP contribution in [-0.4, -0.2) is 27.9 Å². The normalized spacial score (nSPS) is 16.0. The fourth-order valence-corrected chi connectivity index (χ4v) is 2.50. The highest BCUT2D eigenvalue weighted by Crippen LogP contribution is 2.32. The second-order valence-corrected chi connectivity index (χ2v) is 5.35. The molecular formula is C11H10BrClN4. The number of hydrogen-bond acceptors (Lipinski definition) is 3. The van der Waals surface area contributed by atoms with Gasteiger partial charge in [0.2, 0.25) is 0 Å². The van der Waals surface area contributed by atoms with Crippen LogP contribution in [0, 0.1) is 0 Å². The molecule has 0 bridgehead atoms. The van der Waals surface area contributed by atoms with Gasteiger partial charge in [-0.2, -0.15) is 5.10 Å². The van der Waals surface area contributed by atoms with Crippen molar-refractivity contribution in [2.75, 3.05) is 18.0 Å². The van der Waals surface area contributed by atoms with Crippen molar-refractivity contribution in [2.24, 2.45) is 0 Å². The van der Waals surface area contributed by atoms with Gasteiger partial charge in [0.05, 0.1) is 27.4 Å². The maximum Gasteiger partial charge on any atom is 0.0868 e. The quantitative estimate of drug-likeness (QED) is 0.855. The van der Waals surface area contributed by atoms with E-state index in [2.05, 4.69) is 30.9 Å². The summed E-state index contributed by atoms with van der Waals surface area (Å²) in [6, 6.07) is 2.36. The molecular weight excluding hydrogens is 304 g/mol. The minimum atomic E-state index is 0.422. The topological polar surface area (TPSA) is 34.0 Å². The number of hydrogen-bond donors (Lipinski definition) is 0. The van der Waals surface area contributed by atoms with E-state index in [0.29, 0.717) is 11.1 Å². The summed E-state index contributed by atoms with van der Waals surface area (Å²) in [6.07, 6.45) is 7.24. The first-order chi connectivity index (χ1) is 8.24. The van der Waals surface area contributed by atoms with Crippen LogP contribution in [0.2, 0.25) is 5.02 Å². The van der Waals surface area contributed by atoms with Gasteiger partial charge in [-0.1, -0.05) is 11.6 Å². The number of aromatic nitrogens is 3. The summed E-state index contributed by atoms with van der Waals surface area (Å²) in [5.41, 5.74) is 1.05. The zero-order valence-corrected chi connectivity index (χ0v) is 11.3. The third-order valence-corrected chi connectivity index (χ3v) is 3.60. The standard InChI is InChI=1S/C11H10BrClN4/c12-8-3-15-17(5-8)9-6-16(7-9)11-1-2-14-4-10(11)13/h1-5,9H,6-7H2. The number of anilines is 1. The SMILES string of the molecule is Clc1cnccc1N1CC(n2cc(Br)cn2)C1. The molecule has 1 fully saturated rings. The predicted octanol–water partition coefficient (Wildman–Crippen LogP) is 2.76. The zero-order chi connectivity index (χ0) is 11.8. The first-order valence-corrected chi connectivity index (χ1v) is 6.45. The largest absolute Gasteiger partial charge is 0.366 e. The summed E-state index contributed by atoms with van der Waals surface area (Å²) in [4.78, 5) is 6.21. The molecule has 2 aromatic heterocycles. The van der Waals surface area contributed by atoms with Gasteiger partial charge < -0.3 is 4.90 Å². The average molecular weight is 314 g/mol. The molecule has 0 N–H and O–H groups in total. The predicted molar refractivity (Wildman–Crippen MR) is 70.4 cm³/mol. The monoisotopic (exact) mass is 312 g/mol. The molecule has 0 aromatic carbocycles. The Hall–Kier alpha value is -1.07. The molecule has 3 heterocycles. The highest BCUT2D eigenvalue weighted by molar-refractivity contribution is 9.10. The Morgan fingerprint density at radius 3 is 2.82 bits per heavy atom. The third kappa shape index (κ3) is 2.05. The third-order valence-electron chi connectivity index (χ3n) is 2.90. The second kappa shape index (κ2) is 4.31. The zero-order valence-electron chi connectivity index (χ0n) is 8.92. The van der Waals surface area contributed by atoms with Crippen molar-refractivity contribution in [2.45, 2.75) is 6.04 Å².